The average Bonchev–Trinajstić information content (AvgIpc) is 2.34. The molecule has 1 aromatic rings. The van der Waals surface area contributed by atoms with Crippen LogP contribution in [0.25, 0.3) is 6.08 Å². The van der Waals surface area contributed by atoms with E-state index in [-0.39, 0.29) is 5.04 Å². The highest BCUT2D eigenvalue weighted by Gasteiger charge is 2.36. The van der Waals surface area contributed by atoms with E-state index in [1.165, 1.54) is 0 Å². The highest BCUT2D eigenvalue weighted by atomic mass is 79.9. The van der Waals surface area contributed by atoms with Crippen LogP contribution in [-0.2, 0) is 4.43 Å². The van der Waals surface area contributed by atoms with Crippen LogP contribution in [0.15, 0.2) is 27.7 Å². The van der Waals surface area contributed by atoms with Gasteiger partial charge >= 0.3 is 0 Å². The van der Waals surface area contributed by atoms with Gasteiger partial charge in [-0.05, 0) is 73.8 Å². The molecule has 2 nitrogen and oxygen atoms in total. The maximum Gasteiger partial charge on any atom is 0.192 e. The number of halogens is 2. The molecule has 0 N–H and O–H groups in total. The molecule has 0 aliphatic carbocycles. The lowest BCUT2D eigenvalue weighted by Gasteiger charge is -2.36. The van der Waals surface area contributed by atoms with Gasteiger partial charge in [-0.1, -0.05) is 32.9 Å². The lowest BCUT2D eigenvalue weighted by molar-refractivity contribution is 0.203. The summed E-state index contributed by atoms with van der Waals surface area (Å²) >= 11 is 6.70. The smallest absolute Gasteiger partial charge is 0.192 e. The van der Waals surface area contributed by atoms with Crippen LogP contribution in [0.4, 0.5) is 0 Å². The van der Waals surface area contributed by atoms with Crippen LogP contribution in [0.3, 0.4) is 0 Å². The topological polar surface area (TPSA) is 18.5 Å². The molecule has 0 amide bonds. The van der Waals surface area contributed by atoms with Crippen LogP contribution in [-0.4, -0.2) is 21.5 Å². The van der Waals surface area contributed by atoms with Crippen LogP contribution < -0.4 is 4.74 Å². The van der Waals surface area contributed by atoms with Gasteiger partial charge in [0.2, 0.25) is 0 Å². The predicted molar refractivity (Wildman–Crippen MR) is 101 cm³/mol. The summed E-state index contributed by atoms with van der Waals surface area (Å²) in [6.07, 6.45) is 1.99. The summed E-state index contributed by atoms with van der Waals surface area (Å²) in [5.41, 5.74) is 1.11. The summed E-state index contributed by atoms with van der Waals surface area (Å²) in [6.45, 7) is 12.5. The van der Waals surface area contributed by atoms with E-state index < -0.39 is 8.32 Å². The molecule has 5 heteroatoms. The Morgan fingerprint density at radius 2 is 1.67 bits per heavy atom. The molecule has 0 aliphatic rings. The van der Waals surface area contributed by atoms with Crippen molar-refractivity contribution in [3.05, 3.63) is 33.2 Å². The maximum absolute atomic E-state index is 6.08. The summed E-state index contributed by atoms with van der Waals surface area (Å²) in [4.78, 5) is 0. The molecular formula is C16H24Br2O2Si. The van der Waals surface area contributed by atoms with Crippen molar-refractivity contribution in [1.29, 1.82) is 0 Å². The van der Waals surface area contributed by atoms with Gasteiger partial charge in [0, 0.05) is 0 Å². The van der Waals surface area contributed by atoms with E-state index in [1.807, 2.05) is 30.3 Å². The number of ether oxygens (including phenoxy) is 1. The minimum Gasteiger partial charge on any atom is -0.491 e. The Morgan fingerprint density at radius 3 is 2.14 bits per heavy atom. The SMILES string of the molecule is CC(C)(C)[Si](C)(C)OCCOc1ccc(C=C(Br)Br)cc1. The standard InChI is InChI=1S/C16H24Br2O2Si/c1-16(2,3)21(4,5)20-11-10-19-14-8-6-13(7-9-14)12-15(17)18/h6-9,12H,10-11H2,1-5H3. The first-order valence-corrected chi connectivity index (χ1v) is 11.5. The van der Waals surface area contributed by atoms with E-state index in [0.717, 1.165) is 14.7 Å². The lowest BCUT2D eigenvalue weighted by Crippen LogP contribution is -2.41. The second-order valence-corrected chi connectivity index (χ2v) is 14.0. The molecule has 0 unspecified atom stereocenters. The average molecular weight is 436 g/mol. The van der Waals surface area contributed by atoms with Crippen LogP contribution in [0.1, 0.15) is 26.3 Å². The van der Waals surface area contributed by atoms with Crippen molar-refractivity contribution >= 4 is 46.3 Å². The molecule has 0 saturated heterocycles. The quantitative estimate of drug-likeness (QED) is 0.392. The zero-order valence-corrected chi connectivity index (χ0v) is 17.5. The van der Waals surface area contributed by atoms with Crippen LogP contribution >= 0.6 is 31.9 Å². The fourth-order valence-corrected chi connectivity index (χ4v) is 3.01. The molecule has 0 aromatic heterocycles. The molecule has 118 valence electrons. The van der Waals surface area contributed by atoms with E-state index in [1.54, 1.807) is 0 Å². The third kappa shape index (κ3) is 6.68. The van der Waals surface area contributed by atoms with Crippen molar-refractivity contribution in [3.63, 3.8) is 0 Å². The third-order valence-electron chi connectivity index (χ3n) is 3.78. The molecular weight excluding hydrogens is 412 g/mol. The van der Waals surface area contributed by atoms with Crippen molar-refractivity contribution in [1.82, 2.24) is 0 Å². The Balaban J connectivity index is 2.42. The second-order valence-electron chi connectivity index (χ2n) is 6.46. The predicted octanol–water partition coefficient (Wildman–Crippen LogP) is 6.18. The fraction of sp³-hybridized carbons (Fsp3) is 0.500. The molecule has 0 fully saturated rings. The zero-order valence-electron chi connectivity index (χ0n) is 13.4. The lowest BCUT2D eigenvalue weighted by atomic mass is 10.2. The monoisotopic (exact) mass is 434 g/mol. The summed E-state index contributed by atoms with van der Waals surface area (Å²) in [7, 11) is -1.67. The minimum atomic E-state index is -1.67. The first-order chi connectivity index (χ1) is 9.62. The van der Waals surface area contributed by atoms with Crippen LogP contribution in [0.2, 0.25) is 18.1 Å². The number of rotatable bonds is 6. The van der Waals surface area contributed by atoms with Crippen molar-refractivity contribution < 1.29 is 9.16 Å². The van der Waals surface area contributed by atoms with E-state index in [4.69, 9.17) is 9.16 Å². The van der Waals surface area contributed by atoms with Crippen LogP contribution in [0, 0.1) is 0 Å². The number of benzene rings is 1. The summed E-state index contributed by atoms with van der Waals surface area (Å²) in [6, 6.07) is 7.99. The van der Waals surface area contributed by atoms with Crippen molar-refractivity contribution in [2.45, 2.75) is 38.9 Å². The molecule has 0 atom stereocenters. The van der Waals surface area contributed by atoms with Gasteiger partial charge in [-0.15, -0.1) is 0 Å². The Morgan fingerprint density at radius 1 is 1.10 bits per heavy atom. The molecule has 21 heavy (non-hydrogen) atoms. The highest BCUT2D eigenvalue weighted by Crippen LogP contribution is 2.36. The van der Waals surface area contributed by atoms with Gasteiger partial charge in [0.15, 0.2) is 8.32 Å². The van der Waals surface area contributed by atoms with Crippen molar-refractivity contribution in [2.75, 3.05) is 13.2 Å². The van der Waals surface area contributed by atoms with Gasteiger partial charge in [-0.3, -0.25) is 0 Å². The van der Waals surface area contributed by atoms with Gasteiger partial charge in [-0.2, -0.15) is 0 Å². The van der Waals surface area contributed by atoms with Crippen molar-refractivity contribution in [2.24, 2.45) is 0 Å². The molecule has 0 bridgehead atoms. The molecule has 1 rings (SSSR count). The van der Waals surface area contributed by atoms with E-state index >= 15 is 0 Å². The Hall–Kier alpha value is -0.103. The number of hydrogen-bond acceptors (Lipinski definition) is 2. The third-order valence-corrected chi connectivity index (χ3v) is 8.77. The van der Waals surface area contributed by atoms with Gasteiger partial charge in [-0.25, -0.2) is 0 Å². The Kier molecular flexibility index (Phi) is 7.17. The Labute approximate surface area is 146 Å². The van der Waals surface area contributed by atoms with Gasteiger partial charge in [0.25, 0.3) is 0 Å². The first-order valence-electron chi connectivity index (χ1n) is 7.01. The number of hydrogen-bond donors (Lipinski definition) is 0. The zero-order chi connectivity index (χ0) is 16.1. The van der Waals surface area contributed by atoms with Crippen molar-refractivity contribution in [3.8, 4) is 5.75 Å². The summed E-state index contributed by atoms with van der Waals surface area (Å²) in [5, 5.41) is 0.240. The molecule has 0 saturated carbocycles. The summed E-state index contributed by atoms with van der Waals surface area (Å²) < 4.78 is 12.7. The van der Waals surface area contributed by atoms with E-state index in [0.29, 0.717) is 13.2 Å². The van der Waals surface area contributed by atoms with Crippen LogP contribution in [0.5, 0.6) is 5.75 Å². The van der Waals surface area contributed by atoms with Gasteiger partial charge < -0.3 is 9.16 Å². The fourth-order valence-electron chi connectivity index (χ4n) is 1.46. The molecule has 0 aliphatic heterocycles. The molecule has 0 spiro atoms. The highest BCUT2D eigenvalue weighted by molar-refractivity contribution is 9.28. The molecule has 1 aromatic carbocycles. The second kappa shape index (κ2) is 7.95. The van der Waals surface area contributed by atoms with E-state index in [2.05, 4.69) is 65.7 Å². The van der Waals surface area contributed by atoms with Gasteiger partial charge in [0.1, 0.15) is 12.4 Å². The first kappa shape index (κ1) is 18.9. The maximum atomic E-state index is 6.08. The summed E-state index contributed by atoms with van der Waals surface area (Å²) in [5.74, 6) is 0.872. The normalized spacial score (nSPS) is 12.1. The molecule has 0 heterocycles. The molecule has 0 radical (unpaired) electrons. The Bertz CT molecular complexity index is 472. The van der Waals surface area contributed by atoms with E-state index in [9.17, 15) is 0 Å². The largest absolute Gasteiger partial charge is 0.491 e. The minimum absolute atomic E-state index is 0.240. The van der Waals surface area contributed by atoms with Gasteiger partial charge in [0.05, 0.1) is 10.00 Å².